The van der Waals surface area contributed by atoms with Gasteiger partial charge in [0.1, 0.15) is 5.75 Å². The van der Waals surface area contributed by atoms with E-state index in [0.29, 0.717) is 19.0 Å². The molecule has 1 aliphatic rings. The van der Waals surface area contributed by atoms with E-state index >= 15 is 0 Å². The van der Waals surface area contributed by atoms with Gasteiger partial charge in [0, 0.05) is 31.2 Å². The predicted octanol–water partition coefficient (Wildman–Crippen LogP) is 1.94. The lowest BCUT2D eigenvalue weighted by molar-refractivity contribution is 0.239. The Kier molecular flexibility index (Phi) is 10.8. The van der Waals surface area contributed by atoms with E-state index in [1.807, 2.05) is 32.0 Å². The van der Waals surface area contributed by atoms with Gasteiger partial charge in [-0.15, -0.1) is 24.0 Å². The van der Waals surface area contributed by atoms with Gasteiger partial charge in [-0.1, -0.05) is 18.2 Å². The molecule has 0 amide bonds. The summed E-state index contributed by atoms with van der Waals surface area (Å²) in [5.41, 5.74) is 0.515. The van der Waals surface area contributed by atoms with Gasteiger partial charge in [0.2, 0.25) is 10.0 Å². The van der Waals surface area contributed by atoms with Gasteiger partial charge in [-0.25, -0.2) is 13.1 Å². The Hall–Kier alpha value is -1.11. The third-order valence-electron chi connectivity index (χ3n) is 4.93. The van der Waals surface area contributed by atoms with Crippen LogP contribution in [0.2, 0.25) is 0 Å². The molecule has 1 unspecified atom stereocenters. The Morgan fingerprint density at radius 3 is 2.43 bits per heavy atom. The standard InChI is InChI=1S/C20H35N5O3S.HI/c1-20(2,24-29(5,26)27)15-23-19(21-3)22-14-17(25-12-8-9-13-25)16-10-6-7-11-18(16)28-4;/h6-7,10-11,17,24H,8-9,12-15H2,1-5H3,(H2,21,22,23);1H. The minimum Gasteiger partial charge on any atom is -0.496 e. The molecule has 0 radical (unpaired) electrons. The number of nitrogens with zero attached hydrogens (tertiary/aromatic N) is 2. The molecule has 0 spiro atoms. The molecule has 172 valence electrons. The van der Waals surface area contributed by atoms with Crippen LogP contribution in [0.1, 0.15) is 38.3 Å². The van der Waals surface area contributed by atoms with Gasteiger partial charge in [0.15, 0.2) is 5.96 Å². The summed E-state index contributed by atoms with van der Waals surface area (Å²) in [7, 11) is 0.120. The number of benzene rings is 1. The number of para-hydroxylation sites is 1. The molecule has 1 heterocycles. The van der Waals surface area contributed by atoms with Crippen LogP contribution in [-0.4, -0.2) is 71.4 Å². The predicted molar refractivity (Wildman–Crippen MR) is 133 cm³/mol. The minimum atomic E-state index is -3.29. The van der Waals surface area contributed by atoms with Crippen LogP contribution in [0.5, 0.6) is 5.75 Å². The van der Waals surface area contributed by atoms with Crippen molar-refractivity contribution >= 4 is 40.0 Å². The van der Waals surface area contributed by atoms with Gasteiger partial charge >= 0.3 is 0 Å². The zero-order valence-electron chi connectivity index (χ0n) is 18.6. The second kappa shape index (κ2) is 12.1. The summed E-state index contributed by atoms with van der Waals surface area (Å²) < 4.78 is 31.3. The van der Waals surface area contributed by atoms with Crippen LogP contribution in [0.15, 0.2) is 29.3 Å². The van der Waals surface area contributed by atoms with Crippen molar-refractivity contribution in [2.24, 2.45) is 4.99 Å². The first-order valence-corrected chi connectivity index (χ1v) is 11.8. The van der Waals surface area contributed by atoms with E-state index in [-0.39, 0.29) is 30.0 Å². The lowest BCUT2D eigenvalue weighted by Gasteiger charge is -2.31. The van der Waals surface area contributed by atoms with Crippen molar-refractivity contribution in [2.75, 3.05) is 46.6 Å². The number of ether oxygens (including phenoxy) is 1. The Morgan fingerprint density at radius 2 is 1.87 bits per heavy atom. The lowest BCUT2D eigenvalue weighted by atomic mass is 10.0. The number of rotatable bonds is 9. The quantitative estimate of drug-likeness (QED) is 0.246. The zero-order valence-corrected chi connectivity index (χ0v) is 21.7. The first kappa shape index (κ1) is 26.9. The number of guanidine groups is 1. The summed E-state index contributed by atoms with van der Waals surface area (Å²) >= 11 is 0. The van der Waals surface area contributed by atoms with Crippen molar-refractivity contribution in [1.82, 2.24) is 20.3 Å². The summed E-state index contributed by atoms with van der Waals surface area (Å²) in [5, 5.41) is 6.62. The maximum absolute atomic E-state index is 11.5. The highest BCUT2D eigenvalue weighted by atomic mass is 127. The Labute approximate surface area is 198 Å². The molecule has 0 bridgehead atoms. The van der Waals surface area contributed by atoms with E-state index < -0.39 is 15.6 Å². The summed E-state index contributed by atoms with van der Waals surface area (Å²) in [4.78, 5) is 6.76. The van der Waals surface area contributed by atoms with E-state index in [0.717, 1.165) is 30.7 Å². The summed E-state index contributed by atoms with van der Waals surface area (Å²) in [6.45, 7) is 6.85. The average Bonchev–Trinajstić information content (AvgIpc) is 3.17. The molecular weight excluding hydrogens is 517 g/mol. The van der Waals surface area contributed by atoms with E-state index in [2.05, 4.69) is 31.3 Å². The fraction of sp³-hybridized carbons (Fsp3) is 0.650. The SMILES string of the molecule is CN=C(NCC(c1ccccc1OC)N1CCCC1)NCC(C)(C)NS(C)(=O)=O.I. The molecule has 1 aromatic rings. The van der Waals surface area contributed by atoms with Gasteiger partial charge < -0.3 is 15.4 Å². The first-order chi connectivity index (χ1) is 13.6. The van der Waals surface area contributed by atoms with Crippen molar-refractivity contribution < 1.29 is 13.2 Å². The van der Waals surface area contributed by atoms with Crippen LogP contribution in [0.3, 0.4) is 0 Å². The maximum Gasteiger partial charge on any atom is 0.209 e. The van der Waals surface area contributed by atoms with E-state index in [1.165, 1.54) is 12.8 Å². The molecule has 1 atom stereocenters. The number of methoxy groups -OCH3 is 1. The third-order valence-corrected chi connectivity index (χ3v) is 5.85. The molecule has 1 saturated heterocycles. The van der Waals surface area contributed by atoms with Gasteiger partial charge in [0.05, 0.1) is 19.4 Å². The van der Waals surface area contributed by atoms with Crippen molar-refractivity contribution in [3.05, 3.63) is 29.8 Å². The number of sulfonamides is 1. The summed E-state index contributed by atoms with van der Waals surface area (Å²) in [5.74, 6) is 1.51. The first-order valence-electron chi connectivity index (χ1n) is 9.95. The van der Waals surface area contributed by atoms with Gasteiger partial charge in [-0.05, 0) is 45.8 Å². The molecule has 0 saturated carbocycles. The molecule has 1 fully saturated rings. The number of aliphatic imine (C=N–C) groups is 1. The van der Waals surface area contributed by atoms with Crippen LogP contribution in [-0.2, 0) is 10.0 Å². The largest absolute Gasteiger partial charge is 0.496 e. The third kappa shape index (κ3) is 8.56. The zero-order chi connectivity index (χ0) is 21.5. The van der Waals surface area contributed by atoms with E-state index in [9.17, 15) is 8.42 Å². The summed E-state index contributed by atoms with van der Waals surface area (Å²) in [6.07, 6.45) is 3.56. The Morgan fingerprint density at radius 1 is 1.23 bits per heavy atom. The van der Waals surface area contributed by atoms with Crippen molar-refractivity contribution in [3.8, 4) is 5.75 Å². The molecule has 0 aromatic heterocycles. The van der Waals surface area contributed by atoms with Gasteiger partial charge in [-0.2, -0.15) is 0 Å². The van der Waals surface area contributed by atoms with Crippen molar-refractivity contribution in [3.63, 3.8) is 0 Å². The van der Waals surface area contributed by atoms with Crippen molar-refractivity contribution in [1.29, 1.82) is 0 Å². The molecule has 8 nitrogen and oxygen atoms in total. The Bertz CT molecular complexity index is 795. The minimum absolute atomic E-state index is 0. The summed E-state index contributed by atoms with van der Waals surface area (Å²) in [6, 6.07) is 8.28. The molecule has 1 aliphatic heterocycles. The highest BCUT2D eigenvalue weighted by molar-refractivity contribution is 14.0. The smallest absolute Gasteiger partial charge is 0.209 e. The molecular formula is C20H36IN5O3S. The molecule has 2 rings (SSSR count). The number of likely N-dealkylation sites (tertiary alicyclic amines) is 1. The normalized spacial score (nSPS) is 16.6. The van der Waals surface area contributed by atoms with Crippen LogP contribution >= 0.6 is 24.0 Å². The fourth-order valence-corrected chi connectivity index (χ4v) is 4.76. The fourth-order valence-electron chi connectivity index (χ4n) is 3.69. The molecule has 3 N–H and O–H groups in total. The lowest BCUT2D eigenvalue weighted by Crippen LogP contribution is -2.53. The second-order valence-electron chi connectivity index (χ2n) is 8.07. The highest BCUT2D eigenvalue weighted by Crippen LogP contribution is 2.31. The number of halogens is 1. The second-order valence-corrected chi connectivity index (χ2v) is 9.81. The monoisotopic (exact) mass is 553 g/mol. The average molecular weight is 554 g/mol. The van der Waals surface area contributed by atoms with Crippen LogP contribution in [0.4, 0.5) is 0 Å². The van der Waals surface area contributed by atoms with Crippen LogP contribution < -0.4 is 20.1 Å². The van der Waals surface area contributed by atoms with E-state index in [1.54, 1.807) is 14.2 Å². The van der Waals surface area contributed by atoms with Crippen LogP contribution in [0.25, 0.3) is 0 Å². The molecule has 30 heavy (non-hydrogen) atoms. The van der Waals surface area contributed by atoms with Gasteiger partial charge in [-0.3, -0.25) is 9.89 Å². The number of hydrogen-bond acceptors (Lipinski definition) is 5. The molecule has 0 aliphatic carbocycles. The molecule has 10 heteroatoms. The Balaban J connectivity index is 0.00000450. The van der Waals surface area contributed by atoms with Crippen molar-refractivity contribution in [2.45, 2.75) is 38.3 Å². The van der Waals surface area contributed by atoms with E-state index in [4.69, 9.17) is 4.74 Å². The maximum atomic E-state index is 11.5. The molecule has 1 aromatic carbocycles. The topological polar surface area (TPSA) is 95.1 Å². The van der Waals surface area contributed by atoms with Gasteiger partial charge in [0.25, 0.3) is 0 Å². The highest BCUT2D eigenvalue weighted by Gasteiger charge is 2.27. The number of hydrogen-bond donors (Lipinski definition) is 3. The van der Waals surface area contributed by atoms with Crippen LogP contribution in [0, 0.1) is 0 Å². The number of nitrogens with one attached hydrogen (secondary N) is 3.